The van der Waals surface area contributed by atoms with Crippen LogP contribution >= 0.6 is 0 Å². The molecule has 0 aliphatic rings. The molecule has 1 aromatic heterocycles. The molecule has 1 unspecified atom stereocenters. The standard InChI is InChI=1S/C10H19N5O2/c1-8(5-6-13(2)3)11-10-9(15(16)17)7-14(4)12-10/h7-8H,5-6H2,1-4H3,(H,11,12). The highest BCUT2D eigenvalue weighted by Crippen LogP contribution is 2.22. The first-order valence-electron chi connectivity index (χ1n) is 5.49. The first-order chi connectivity index (χ1) is 7.90. The van der Waals surface area contributed by atoms with Gasteiger partial charge in [-0.25, -0.2) is 0 Å². The van der Waals surface area contributed by atoms with Crippen LogP contribution in [0.5, 0.6) is 0 Å². The number of anilines is 1. The molecule has 0 radical (unpaired) electrons. The van der Waals surface area contributed by atoms with E-state index < -0.39 is 4.92 Å². The Labute approximate surface area is 101 Å². The number of nitro groups is 1. The Morgan fingerprint density at radius 2 is 2.29 bits per heavy atom. The lowest BCUT2D eigenvalue weighted by molar-refractivity contribution is -0.384. The van der Waals surface area contributed by atoms with Gasteiger partial charge in [0.1, 0.15) is 6.20 Å². The van der Waals surface area contributed by atoms with Gasteiger partial charge >= 0.3 is 5.69 Å². The van der Waals surface area contributed by atoms with Gasteiger partial charge in [0.05, 0.1) is 4.92 Å². The summed E-state index contributed by atoms with van der Waals surface area (Å²) in [4.78, 5) is 12.4. The van der Waals surface area contributed by atoms with Crippen molar-refractivity contribution in [1.29, 1.82) is 0 Å². The van der Waals surface area contributed by atoms with E-state index in [1.54, 1.807) is 7.05 Å². The first-order valence-corrected chi connectivity index (χ1v) is 5.49. The molecule has 0 spiro atoms. The zero-order valence-electron chi connectivity index (χ0n) is 10.7. The van der Waals surface area contributed by atoms with Crippen LogP contribution < -0.4 is 5.32 Å². The van der Waals surface area contributed by atoms with Gasteiger partial charge in [-0.2, -0.15) is 0 Å². The van der Waals surface area contributed by atoms with Crippen molar-refractivity contribution in [3.8, 4) is 0 Å². The molecule has 0 bridgehead atoms. The zero-order valence-corrected chi connectivity index (χ0v) is 10.7. The predicted octanol–water partition coefficient (Wildman–Crippen LogP) is 1.08. The van der Waals surface area contributed by atoms with Gasteiger partial charge in [-0.05, 0) is 34.0 Å². The highest BCUT2D eigenvalue weighted by molar-refractivity contribution is 5.54. The lowest BCUT2D eigenvalue weighted by atomic mass is 10.2. The second-order valence-electron chi connectivity index (χ2n) is 4.43. The van der Waals surface area contributed by atoms with E-state index in [2.05, 4.69) is 15.3 Å². The molecular formula is C10H19N5O2. The third-order valence-corrected chi connectivity index (χ3v) is 2.40. The first kappa shape index (κ1) is 13.4. The van der Waals surface area contributed by atoms with E-state index in [9.17, 15) is 10.1 Å². The van der Waals surface area contributed by atoms with Crippen LogP contribution in [0.25, 0.3) is 0 Å². The minimum Gasteiger partial charge on any atom is -0.360 e. The van der Waals surface area contributed by atoms with Gasteiger partial charge in [0.25, 0.3) is 0 Å². The number of aromatic nitrogens is 2. The maximum atomic E-state index is 10.8. The molecule has 17 heavy (non-hydrogen) atoms. The number of aryl methyl sites for hydroxylation is 1. The van der Waals surface area contributed by atoms with E-state index in [1.807, 2.05) is 21.0 Å². The molecule has 0 aliphatic carbocycles. The molecule has 0 amide bonds. The lowest BCUT2D eigenvalue weighted by Gasteiger charge is -2.15. The fourth-order valence-corrected chi connectivity index (χ4v) is 1.47. The smallest absolute Gasteiger partial charge is 0.330 e. The summed E-state index contributed by atoms with van der Waals surface area (Å²) in [6, 6.07) is 0.144. The van der Waals surface area contributed by atoms with Crippen LogP contribution in [0.4, 0.5) is 11.5 Å². The molecule has 7 nitrogen and oxygen atoms in total. The van der Waals surface area contributed by atoms with Gasteiger partial charge in [-0.15, -0.1) is 5.10 Å². The van der Waals surface area contributed by atoms with Crippen molar-refractivity contribution in [2.24, 2.45) is 7.05 Å². The topological polar surface area (TPSA) is 76.2 Å². The molecule has 0 saturated heterocycles. The molecule has 7 heteroatoms. The number of nitrogens with one attached hydrogen (secondary N) is 1. The molecule has 1 atom stereocenters. The molecule has 1 N–H and O–H groups in total. The normalized spacial score (nSPS) is 12.8. The summed E-state index contributed by atoms with van der Waals surface area (Å²) < 4.78 is 1.44. The van der Waals surface area contributed by atoms with E-state index in [1.165, 1.54) is 10.9 Å². The number of hydrogen-bond donors (Lipinski definition) is 1. The molecule has 1 rings (SSSR count). The van der Waals surface area contributed by atoms with E-state index in [-0.39, 0.29) is 11.7 Å². The minimum absolute atomic E-state index is 0.0178. The van der Waals surface area contributed by atoms with Crippen molar-refractivity contribution in [2.45, 2.75) is 19.4 Å². The number of rotatable bonds is 6. The molecule has 0 aliphatic heterocycles. The summed E-state index contributed by atoms with van der Waals surface area (Å²) in [6.45, 7) is 2.91. The molecule has 96 valence electrons. The van der Waals surface area contributed by atoms with Gasteiger partial charge in [-0.3, -0.25) is 14.8 Å². The highest BCUT2D eigenvalue weighted by atomic mass is 16.6. The maximum absolute atomic E-state index is 10.8. The fourth-order valence-electron chi connectivity index (χ4n) is 1.47. The van der Waals surface area contributed by atoms with Crippen LogP contribution in [0.3, 0.4) is 0 Å². The van der Waals surface area contributed by atoms with Gasteiger partial charge in [0, 0.05) is 13.1 Å². The Kier molecular flexibility index (Phi) is 4.45. The van der Waals surface area contributed by atoms with Gasteiger partial charge in [-0.1, -0.05) is 0 Å². The summed E-state index contributed by atoms with van der Waals surface area (Å²) in [5.41, 5.74) is 0.0178. The molecule has 0 saturated carbocycles. The van der Waals surface area contributed by atoms with Gasteiger partial charge in [0.15, 0.2) is 0 Å². The van der Waals surface area contributed by atoms with Crippen molar-refractivity contribution in [1.82, 2.24) is 14.7 Å². The average molecular weight is 241 g/mol. The van der Waals surface area contributed by atoms with Crippen molar-refractivity contribution in [3.05, 3.63) is 16.3 Å². The van der Waals surface area contributed by atoms with Crippen molar-refractivity contribution in [2.75, 3.05) is 26.0 Å². The van der Waals surface area contributed by atoms with Crippen LogP contribution in [0.1, 0.15) is 13.3 Å². The largest absolute Gasteiger partial charge is 0.360 e. The monoisotopic (exact) mass is 241 g/mol. The number of nitrogens with zero attached hydrogens (tertiary/aromatic N) is 4. The number of hydrogen-bond acceptors (Lipinski definition) is 5. The molecule has 0 aromatic carbocycles. The molecular weight excluding hydrogens is 222 g/mol. The third-order valence-electron chi connectivity index (χ3n) is 2.40. The minimum atomic E-state index is -0.423. The van der Waals surface area contributed by atoms with Gasteiger partial charge in [0.2, 0.25) is 5.82 Å². The Balaban J connectivity index is 2.64. The average Bonchev–Trinajstić information content (AvgIpc) is 2.56. The summed E-state index contributed by atoms with van der Waals surface area (Å²) in [6.07, 6.45) is 2.31. The Hall–Kier alpha value is -1.63. The summed E-state index contributed by atoms with van der Waals surface area (Å²) >= 11 is 0. The zero-order chi connectivity index (χ0) is 13.0. The second kappa shape index (κ2) is 5.62. The van der Waals surface area contributed by atoms with E-state index in [0.717, 1.165) is 13.0 Å². The van der Waals surface area contributed by atoms with E-state index in [4.69, 9.17) is 0 Å². The van der Waals surface area contributed by atoms with E-state index in [0.29, 0.717) is 5.82 Å². The second-order valence-corrected chi connectivity index (χ2v) is 4.43. The third kappa shape index (κ3) is 4.03. The Bertz CT molecular complexity index is 388. The fraction of sp³-hybridized carbons (Fsp3) is 0.700. The Morgan fingerprint density at radius 1 is 1.65 bits per heavy atom. The van der Waals surface area contributed by atoms with Gasteiger partial charge < -0.3 is 10.2 Å². The quantitative estimate of drug-likeness (QED) is 0.595. The predicted molar refractivity (Wildman–Crippen MR) is 66.1 cm³/mol. The summed E-state index contributed by atoms with van der Waals surface area (Å²) in [7, 11) is 5.66. The van der Waals surface area contributed by atoms with Crippen molar-refractivity contribution < 1.29 is 4.92 Å². The summed E-state index contributed by atoms with van der Waals surface area (Å²) in [5, 5.41) is 17.9. The lowest BCUT2D eigenvalue weighted by Crippen LogP contribution is -2.23. The maximum Gasteiger partial charge on any atom is 0.330 e. The molecule has 0 fully saturated rings. The van der Waals surface area contributed by atoms with E-state index >= 15 is 0 Å². The van der Waals surface area contributed by atoms with Crippen LogP contribution in [0.15, 0.2) is 6.20 Å². The highest BCUT2D eigenvalue weighted by Gasteiger charge is 2.19. The SMILES string of the molecule is CC(CCN(C)C)Nc1nn(C)cc1[N+](=O)[O-]. The van der Waals surface area contributed by atoms with Crippen LogP contribution in [0.2, 0.25) is 0 Å². The van der Waals surface area contributed by atoms with Crippen molar-refractivity contribution in [3.63, 3.8) is 0 Å². The van der Waals surface area contributed by atoms with Crippen molar-refractivity contribution >= 4 is 11.5 Å². The van der Waals surface area contributed by atoms with Crippen LogP contribution in [-0.2, 0) is 7.05 Å². The molecule has 1 heterocycles. The molecule has 1 aromatic rings. The summed E-state index contributed by atoms with van der Waals surface area (Å²) in [5.74, 6) is 0.337. The van der Waals surface area contributed by atoms with Crippen LogP contribution in [0, 0.1) is 10.1 Å². The Morgan fingerprint density at radius 3 is 2.82 bits per heavy atom. The van der Waals surface area contributed by atoms with Crippen LogP contribution in [-0.4, -0.2) is 46.3 Å².